The molecule has 1 aromatic rings. The molecule has 0 aromatic heterocycles. The van der Waals surface area contributed by atoms with Crippen molar-refractivity contribution >= 4 is 11.7 Å². The summed E-state index contributed by atoms with van der Waals surface area (Å²) in [4.78, 5) is 16.0. The highest BCUT2D eigenvalue weighted by Crippen LogP contribution is 2.06. The van der Waals surface area contributed by atoms with Gasteiger partial charge in [0.15, 0.2) is 0 Å². The fourth-order valence-electron chi connectivity index (χ4n) is 1.51. The number of benzene rings is 1. The zero-order valence-electron chi connectivity index (χ0n) is 11.5. The van der Waals surface area contributed by atoms with Crippen molar-refractivity contribution in [2.45, 2.75) is 20.8 Å². The first kappa shape index (κ1) is 15.1. The number of aliphatic imine (C=N–C) groups is 1. The minimum Gasteiger partial charge on any atom is -0.307 e. The Morgan fingerprint density at radius 1 is 1.42 bits per heavy atom. The van der Waals surface area contributed by atoms with Gasteiger partial charge in [0.25, 0.3) is 5.91 Å². The summed E-state index contributed by atoms with van der Waals surface area (Å²) in [5.74, 6) is 0.150. The minimum absolute atomic E-state index is 0.291. The second-order valence-corrected chi connectivity index (χ2v) is 4.03. The summed E-state index contributed by atoms with van der Waals surface area (Å²) in [6.45, 7) is 6.71. The third-order valence-corrected chi connectivity index (χ3v) is 2.46. The summed E-state index contributed by atoms with van der Waals surface area (Å²) in [5.41, 5.74) is 0.291. The van der Waals surface area contributed by atoms with Gasteiger partial charge >= 0.3 is 0 Å². The second-order valence-electron chi connectivity index (χ2n) is 4.03. The molecule has 0 spiro atoms. The molecule has 1 aromatic carbocycles. The van der Waals surface area contributed by atoms with Crippen molar-refractivity contribution < 1.29 is 9.18 Å². The maximum Gasteiger partial charge on any atom is 0.256 e. The number of carbonyl (C=O) groups excluding carboxylic acids is 1. The lowest BCUT2D eigenvalue weighted by molar-refractivity contribution is 0.0976. The number of carbonyl (C=O) groups is 1. The van der Waals surface area contributed by atoms with Gasteiger partial charge in [-0.05, 0) is 30.2 Å². The van der Waals surface area contributed by atoms with Crippen LogP contribution in [0.2, 0.25) is 0 Å². The van der Waals surface area contributed by atoms with Gasteiger partial charge in [0.1, 0.15) is 11.7 Å². The zero-order valence-corrected chi connectivity index (χ0v) is 11.5. The summed E-state index contributed by atoms with van der Waals surface area (Å²) in [6, 6.07) is 5.57. The van der Waals surface area contributed by atoms with Gasteiger partial charge < -0.3 is 5.32 Å². The quantitative estimate of drug-likeness (QED) is 0.829. The number of halogens is 1. The monoisotopic (exact) mass is 262 g/mol. The molecule has 3 nitrogen and oxygen atoms in total. The SMILES string of the molecule is CC.CC1C=CC(NC(=O)c2cccc(F)c2)=NC1. The molecule has 19 heavy (non-hydrogen) atoms. The first-order chi connectivity index (χ1) is 9.15. The Morgan fingerprint density at radius 2 is 2.16 bits per heavy atom. The number of dihydropyridines is 1. The van der Waals surface area contributed by atoms with Crippen LogP contribution in [0.5, 0.6) is 0 Å². The highest BCUT2D eigenvalue weighted by atomic mass is 19.1. The van der Waals surface area contributed by atoms with E-state index in [0.29, 0.717) is 23.9 Å². The maximum absolute atomic E-state index is 12.9. The van der Waals surface area contributed by atoms with E-state index in [0.717, 1.165) is 0 Å². The zero-order chi connectivity index (χ0) is 14.3. The van der Waals surface area contributed by atoms with Gasteiger partial charge in [-0.1, -0.05) is 32.9 Å². The molecule has 102 valence electrons. The van der Waals surface area contributed by atoms with Crippen LogP contribution in [-0.4, -0.2) is 18.3 Å². The Balaban J connectivity index is 0.000000861. The molecule has 1 atom stereocenters. The Kier molecular flexibility index (Phi) is 5.93. The van der Waals surface area contributed by atoms with Crippen LogP contribution in [-0.2, 0) is 0 Å². The Bertz CT molecular complexity index is 495. The van der Waals surface area contributed by atoms with Crippen molar-refractivity contribution in [3.05, 3.63) is 47.8 Å². The molecule has 0 bridgehead atoms. The fraction of sp³-hybridized carbons (Fsp3) is 0.333. The van der Waals surface area contributed by atoms with E-state index in [1.165, 1.54) is 18.2 Å². The van der Waals surface area contributed by atoms with E-state index in [1.54, 1.807) is 12.1 Å². The van der Waals surface area contributed by atoms with Crippen molar-refractivity contribution in [1.82, 2.24) is 5.32 Å². The Morgan fingerprint density at radius 3 is 2.74 bits per heavy atom. The van der Waals surface area contributed by atoms with Crippen LogP contribution in [0.4, 0.5) is 4.39 Å². The number of hydrogen-bond donors (Lipinski definition) is 1. The topological polar surface area (TPSA) is 41.5 Å². The largest absolute Gasteiger partial charge is 0.307 e. The molecule has 0 fully saturated rings. The van der Waals surface area contributed by atoms with Crippen molar-refractivity contribution in [2.75, 3.05) is 6.54 Å². The summed E-state index contributed by atoms with van der Waals surface area (Å²) in [5, 5.41) is 2.64. The van der Waals surface area contributed by atoms with E-state index in [9.17, 15) is 9.18 Å². The highest BCUT2D eigenvalue weighted by Gasteiger charge is 2.10. The Hall–Kier alpha value is -1.97. The predicted octanol–water partition coefficient (Wildman–Crippen LogP) is 3.19. The maximum atomic E-state index is 12.9. The molecule has 0 aliphatic carbocycles. The van der Waals surface area contributed by atoms with Gasteiger partial charge in [0.05, 0.1) is 0 Å². The molecular formula is C15H19FN2O. The third kappa shape index (κ3) is 4.66. The average molecular weight is 262 g/mol. The number of amidine groups is 1. The van der Waals surface area contributed by atoms with E-state index in [4.69, 9.17) is 0 Å². The van der Waals surface area contributed by atoms with E-state index >= 15 is 0 Å². The van der Waals surface area contributed by atoms with Crippen LogP contribution < -0.4 is 5.32 Å². The van der Waals surface area contributed by atoms with Gasteiger partial charge in [0.2, 0.25) is 0 Å². The first-order valence-electron chi connectivity index (χ1n) is 6.45. The van der Waals surface area contributed by atoms with Gasteiger partial charge in [-0.3, -0.25) is 9.79 Å². The number of amides is 1. The summed E-state index contributed by atoms with van der Waals surface area (Å²) >= 11 is 0. The van der Waals surface area contributed by atoms with Gasteiger partial charge in [-0.15, -0.1) is 0 Å². The molecule has 1 aliphatic heterocycles. The molecule has 2 rings (SSSR count). The number of nitrogens with one attached hydrogen (secondary N) is 1. The number of hydrogen-bond acceptors (Lipinski definition) is 2. The molecule has 0 saturated carbocycles. The standard InChI is InChI=1S/C13H13FN2O.C2H6/c1-9-5-6-12(15-8-9)16-13(17)10-3-2-4-11(14)7-10;1-2/h2-7,9H,8H2,1H3,(H,15,16,17);1-2H3. The van der Waals surface area contributed by atoms with E-state index in [1.807, 2.05) is 26.8 Å². The van der Waals surface area contributed by atoms with Gasteiger partial charge in [0, 0.05) is 12.1 Å². The smallest absolute Gasteiger partial charge is 0.256 e. The van der Waals surface area contributed by atoms with Crippen LogP contribution >= 0.6 is 0 Å². The van der Waals surface area contributed by atoms with Crippen LogP contribution in [0.3, 0.4) is 0 Å². The Labute approximate surface area is 113 Å². The van der Waals surface area contributed by atoms with Crippen molar-refractivity contribution in [3.8, 4) is 0 Å². The van der Waals surface area contributed by atoms with Crippen LogP contribution in [0, 0.1) is 11.7 Å². The van der Waals surface area contributed by atoms with Crippen molar-refractivity contribution in [1.29, 1.82) is 0 Å². The lowest BCUT2D eigenvalue weighted by Crippen LogP contribution is -2.31. The van der Waals surface area contributed by atoms with Gasteiger partial charge in [-0.2, -0.15) is 0 Å². The lowest BCUT2D eigenvalue weighted by Gasteiger charge is -2.11. The summed E-state index contributed by atoms with van der Waals surface area (Å²) in [6.07, 6.45) is 3.75. The molecule has 1 amide bonds. The van der Waals surface area contributed by atoms with Crippen LogP contribution in [0.1, 0.15) is 31.1 Å². The molecule has 0 saturated heterocycles. The molecule has 1 unspecified atom stereocenters. The number of rotatable bonds is 1. The van der Waals surface area contributed by atoms with Crippen LogP contribution in [0.25, 0.3) is 0 Å². The van der Waals surface area contributed by atoms with Crippen molar-refractivity contribution in [2.24, 2.45) is 10.9 Å². The highest BCUT2D eigenvalue weighted by molar-refractivity contribution is 6.10. The molecule has 1 aliphatic rings. The third-order valence-electron chi connectivity index (χ3n) is 2.46. The normalized spacial score (nSPS) is 17.1. The van der Waals surface area contributed by atoms with Gasteiger partial charge in [-0.25, -0.2) is 4.39 Å². The molecule has 4 heteroatoms. The molecule has 1 N–H and O–H groups in total. The minimum atomic E-state index is -0.424. The van der Waals surface area contributed by atoms with E-state index < -0.39 is 5.82 Å². The molecule has 0 radical (unpaired) electrons. The number of nitrogens with zero attached hydrogens (tertiary/aromatic N) is 1. The van der Waals surface area contributed by atoms with E-state index in [2.05, 4.69) is 10.3 Å². The first-order valence-corrected chi connectivity index (χ1v) is 6.45. The second kappa shape index (κ2) is 7.46. The summed E-state index contributed by atoms with van der Waals surface area (Å²) < 4.78 is 12.9. The average Bonchev–Trinajstić information content (AvgIpc) is 2.43. The van der Waals surface area contributed by atoms with Crippen LogP contribution in [0.15, 0.2) is 41.4 Å². The van der Waals surface area contributed by atoms with E-state index in [-0.39, 0.29) is 5.91 Å². The fourth-order valence-corrected chi connectivity index (χ4v) is 1.51. The lowest BCUT2D eigenvalue weighted by atomic mass is 10.1. The van der Waals surface area contributed by atoms with Crippen molar-refractivity contribution in [3.63, 3.8) is 0 Å². The predicted molar refractivity (Wildman–Crippen MR) is 75.8 cm³/mol. The summed E-state index contributed by atoms with van der Waals surface area (Å²) in [7, 11) is 0. The molecule has 1 heterocycles. The molecular weight excluding hydrogens is 243 g/mol.